The first kappa shape index (κ1) is 11.4. The zero-order valence-corrected chi connectivity index (χ0v) is 9.77. The Labute approximate surface area is 96.0 Å². The highest BCUT2D eigenvalue weighted by molar-refractivity contribution is 5.20. The largest absolute Gasteiger partial charge is 0.472 e. The minimum atomic E-state index is 0.167. The van der Waals surface area contributed by atoms with Crippen molar-refractivity contribution in [1.29, 1.82) is 0 Å². The molecule has 0 aromatic carbocycles. The summed E-state index contributed by atoms with van der Waals surface area (Å²) in [6, 6.07) is 4.28. The summed E-state index contributed by atoms with van der Waals surface area (Å²) in [6.07, 6.45) is 2.97. The fourth-order valence-electron chi connectivity index (χ4n) is 1.66. The molecule has 1 aliphatic heterocycles. The Balaban J connectivity index is 1.96. The van der Waals surface area contributed by atoms with Crippen LogP contribution in [0.25, 0.3) is 0 Å². The second-order valence-electron chi connectivity index (χ2n) is 4.04. The molecule has 2 atom stereocenters. The lowest BCUT2D eigenvalue weighted by atomic mass is 10.1. The second kappa shape index (κ2) is 5.27. The minimum absolute atomic E-state index is 0.167. The number of pyridine rings is 1. The number of ether oxygens (including phenoxy) is 2. The summed E-state index contributed by atoms with van der Waals surface area (Å²) in [5.74, 6) is 0.683. The first-order valence-electron chi connectivity index (χ1n) is 5.67. The molecule has 1 aromatic rings. The summed E-state index contributed by atoms with van der Waals surface area (Å²) >= 11 is 0. The molecule has 0 radical (unpaired) electrons. The normalized spacial score (nSPS) is 22.0. The third-order valence-corrected chi connectivity index (χ3v) is 2.87. The van der Waals surface area contributed by atoms with Crippen molar-refractivity contribution in [2.75, 3.05) is 20.3 Å². The average molecular weight is 222 g/mol. The van der Waals surface area contributed by atoms with Crippen LogP contribution in [0.1, 0.15) is 24.9 Å². The predicted octanol–water partition coefficient (Wildman–Crippen LogP) is 1.53. The molecule has 0 aliphatic carbocycles. The highest BCUT2D eigenvalue weighted by Gasteiger charge is 2.17. The van der Waals surface area contributed by atoms with Gasteiger partial charge in [-0.1, -0.05) is 6.07 Å². The summed E-state index contributed by atoms with van der Waals surface area (Å²) in [5, 5.41) is 3.17. The Morgan fingerprint density at radius 2 is 2.44 bits per heavy atom. The van der Waals surface area contributed by atoms with Gasteiger partial charge < -0.3 is 14.8 Å². The van der Waals surface area contributed by atoms with Crippen molar-refractivity contribution in [3.05, 3.63) is 23.9 Å². The van der Waals surface area contributed by atoms with E-state index in [1.165, 1.54) is 0 Å². The van der Waals surface area contributed by atoms with E-state index in [0.29, 0.717) is 18.5 Å². The van der Waals surface area contributed by atoms with Crippen LogP contribution >= 0.6 is 0 Å². The van der Waals surface area contributed by atoms with E-state index in [1.54, 1.807) is 0 Å². The monoisotopic (exact) mass is 222 g/mol. The molecule has 88 valence electrons. The summed E-state index contributed by atoms with van der Waals surface area (Å²) in [7, 11) is 1.94. The molecule has 16 heavy (non-hydrogen) atoms. The molecular weight excluding hydrogens is 204 g/mol. The van der Waals surface area contributed by atoms with E-state index in [-0.39, 0.29) is 6.10 Å². The van der Waals surface area contributed by atoms with E-state index in [0.717, 1.165) is 18.6 Å². The molecule has 1 fully saturated rings. The lowest BCUT2D eigenvalue weighted by Crippen LogP contribution is -2.17. The van der Waals surface area contributed by atoms with Gasteiger partial charge in [0.1, 0.15) is 6.10 Å². The van der Waals surface area contributed by atoms with Crippen molar-refractivity contribution >= 4 is 0 Å². The Kier molecular flexibility index (Phi) is 3.74. The first-order valence-corrected chi connectivity index (χ1v) is 5.67. The SMILES string of the molecule is CNC(C)c1ccc(OC2CCOC2)nc1. The van der Waals surface area contributed by atoms with Gasteiger partial charge in [-0.3, -0.25) is 0 Å². The Bertz CT molecular complexity index is 320. The molecule has 1 N–H and O–H groups in total. The summed E-state index contributed by atoms with van der Waals surface area (Å²) in [6.45, 7) is 3.57. The molecule has 4 heteroatoms. The van der Waals surface area contributed by atoms with Crippen molar-refractivity contribution in [1.82, 2.24) is 10.3 Å². The van der Waals surface area contributed by atoms with E-state index < -0.39 is 0 Å². The number of hydrogen-bond donors (Lipinski definition) is 1. The molecule has 0 bridgehead atoms. The van der Waals surface area contributed by atoms with Gasteiger partial charge >= 0.3 is 0 Å². The highest BCUT2D eigenvalue weighted by atomic mass is 16.5. The predicted molar refractivity (Wildman–Crippen MR) is 61.6 cm³/mol. The van der Waals surface area contributed by atoms with E-state index in [1.807, 2.05) is 25.4 Å². The number of nitrogens with zero attached hydrogens (tertiary/aromatic N) is 1. The molecule has 1 saturated heterocycles. The van der Waals surface area contributed by atoms with Gasteiger partial charge in [0, 0.05) is 24.7 Å². The van der Waals surface area contributed by atoms with Gasteiger partial charge in [0.15, 0.2) is 0 Å². The van der Waals surface area contributed by atoms with Crippen molar-refractivity contribution in [3.8, 4) is 5.88 Å². The van der Waals surface area contributed by atoms with E-state index in [2.05, 4.69) is 17.2 Å². The fraction of sp³-hybridized carbons (Fsp3) is 0.583. The number of nitrogens with one attached hydrogen (secondary N) is 1. The molecule has 4 nitrogen and oxygen atoms in total. The highest BCUT2D eigenvalue weighted by Crippen LogP contribution is 2.17. The number of hydrogen-bond acceptors (Lipinski definition) is 4. The van der Waals surface area contributed by atoms with Crippen molar-refractivity contribution < 1.29 is 9.47 Å². The van der Waals surface area contributed by atoms with Crippen molar-refractivity contribution in [2.45, 2.75) is 25.5 Å². The topological polar surface area (TPSA) is 43.4 Å². The lowest BCUT2D eigenvalue weighted by molar-refractivity contribution is 0.138. The Hall–Kier alpha value is -1.13. The molecule has 0 amide bonds. The van der Waals surface area contributed by atoms with Gasteiger partial charge in [-0.25, -0.2) is 4.98 Å². The Morgan fingerprint density at radius 3 is 3.00 bits per heavy atom. The van der Waals surface area contributed by atoms with E-state index in [4.69, 9.17) is 9.47 Å². The zero-order chi connectivity index (χ0) is 11.4. The number of rotatable bonds is 4. The standard InChI is InChI=1S/C12H18N2O2/c1-9(13-2)10-3-4-12(14-7-10)16-11-5-6-15-8-11/h3-4,7,9,11,13H,5-6,8H2,1-2H3. The van der Waals surface area contributed by atoms with E-state index >= 15 is 0 Å². The van der Waals surface area contributed by atoms with Gasteiger partial charge in [0.05, 0.1) is 13.2 Å². The fourth-order valence-corrected chi connectivity index (χ4v) is 1.66. The van der Waals surface area contributed by atoms with Crippen LogP contribution in [0, 0.1) is 0 Å². The molecule has 2 rings (SSSR count). The van der Waals surface area contributed by atoms with E-state index in [9.17, 15) is 0 Å². The maximum absolute atomic E-state index is 5.69. The van der Waals surface area contributed by atoms with Crippen LogP contribution in [0.3, 0.4) is 0 Å². The van der Waals surface area contributed by atoms with Crippen molar-refractivity contribution in [2.24, 2.45) is 0 Å². The maximum Gasteiger partial charge on any atom is 0.213 e. The molecular formula is C12H18N2O2. The van der Waals surface area contributed by atoms with Crippen LogP contribution in [0.2, 0.25) is 0 Å². The second-order valence-corrected chi connectivity index (χ2v) is 4.04. The lowest BCUT2D eigenvalue weighted by Gasteiger charge is -2.13. The molecule has 0 spiro atoms. The number of aromatic nitrogens is 1. The van der Waals surface area contributed by atoms with Crippen LogP contribution in [0.5, 0.6) is 5.88 Å². The smallest absolute Gasteiger partial charge is 0.213 e. The van der Waals surface area contributed by atoms with Crippen LogP contribution in [-0.4, -0.2) is 31.3 Å². The molecule has 2 unspecified atom stereocenters. The summed E-state index contributed by atoms with van der Waals surface area (Å²) < 4.78 is 10.9. The zero-order valence-electron chi connectivity index (χ0n) is 9.77. The van der Waals surface area contributed by atoms with Gasteiger partial charge in [-0.05, 0) is 19.5 Å². The van der Waals surface area contributed by atoms with Crippen LogP contribution in [0.4, 0.5) is 0 Å². The summed E-state index contributed by atoms with van der Waals surface area (Å²) in [5.41, 5.74) is 1.16. The Morgan fingerprint density at radius 1 is 1.56 bits per heavy atom. The summed E-state index contributed by atoms with van der Waals surface area (Å²) in [4.78, 5) is 4.29. The molecule has 1 aliphatic rings. The average Bonchev–Trinajstić information content (AvgIpc) is 2.82. The van der Waals surface area contributed by atoms with Crippen LogP contribution in [-0.2, 0) is 4.74 Å². The third kappa shape index (κ3) is 2.71. The van der Waals surface area contributed by atoms with Gasteiger partial charge in [0.2, 0.25) is 5.88 Å². The molecule has 0 saturated carbocycles. The minimum Gasteiger partial charge on any atom is -0.472 e. The van der Waals surface area contributed by atoms with Gasteiger partial charge in [-0.2, -0.15) is 0 Å². The van der Waals surface area contributed by atoms with Gasteiger partial charge in [-0.15, -0.1) is 0 Å². The van der Waals surface area contributed by atoms with Crippen LogP contribution in [0.15, 0.2) is 18.3 Å². The van der Waals surface area contributed by atoms with Crippen molar-refractivity contribution in [3.63, 3.8) is 0 Å². The van der Waals surface area contributed by atoms with Gasteiger partial charge in [0.25, 0.3) is 0 Å². The maximum atomic E-state index is 5.69. The first-order chi connectivity index (χ1) is 7.79. The third-order valence-electron chi connectivity index (χ3n) is 2.87. The quantitative estimate of drug-likeness (QED) is 0.839. The van der Waals surface area contributed by atoms with Crippen LogP contribution < -0.4 is 10.1 Å². The molecule has 1 aromatic heterocycles. The molecule has 2 heterocycles.